The fraction of sp³-hybridized carbons (Fsp3) is 0.333. The molecule has 1 aliphatic heterocycles. The third-order valence-electron chi connectivity index (χ3n) is 4.51. The molecule has 3 rings (SSSR count). The average molecular weight is 384 g/mol. The third kappa shape index (κ3) is 4.19. The molecule has 1 heterocycles. The lowest BCUT2D eigenvalue weighted by Crippen LogP contribution is -2.45. The molecule has 0 radical (unpaired) electrons. The molecule has 148 valence electrons. The highest BCUT2D eigenvalue weighted by molar-refractivity contribution is 6.01. The summed E-state index contributed by atoms with van der Waals surface area (Å²) in [6.07, 6.45) is 0.869. The minimum atomic E-state index is -0.919. The van der Waals surface area contributed by atoms with Gasteiger partial charge in [-0.3, -0.25) is 9.59 Å². The lowest BCUT2D eigenvalue weighted by Gasteiger charge is -2.31. The van der Waals surface area contributed by atoms with Gasteiger partial charge in [-0.1, -0.05) is 6.07 Å². The number of carbonyl (C=O) groups excluding carboxylic acids is 2. The van der Waals surface area contributed by atoms with Gasteiger partial charge < -0.3 is 24.8 Å². The number of amides is 2. The molecule has 28 heavy (non-hydrogen) atoms. The maximum Gasteiger partial charge on any atom is 0.268 e. The average Bonchev–Trinajstić information content (AvgIpc) is 2.67. The zero-order valence-electron chi connectivity index (χ0n) is 16.4. The van der Waals surface area contributed by atoms with Crippen LogP contribution in [0.5, 0.6) is 17.2 Å². The summed E-state index contributed by atoms with van der Waals surface area (Å²) in [5.74, 6) is 1.51. The Morgan fingerprint density at radius 1 is 1.11 bits per heavy atom. The van der Waals surface area contributed by atoms with E-state index in [0.717, 1.165) is 5.56 Å². The van der Waals surface area contributed by atoms with Gasteiger partial charge in [0.05, 0.1) is 19.9 Å². The van der Waals surface area contributed by atoms with Gasteiger partial charge in [-0.15, -0.1) is 0 Å². The molecule has 2 amide bonds. The molecule has 2 aromatic rings. The van der Waals surface area contributed by atoms with E-state index >= 15 is 0 Å². The molecule has 2 N–H and O–H groups in total. The van der Waals surface area contributed by atoms with E-state index in [1.54, 1.807) is 46.3 Å². The van der Waals surface area contributed by atoms with Crippen LogP contribution in [0, 0.1) is 0 Å². The van der Waals surface area contributed by atoms with E-state index in [-0.39, 0.29) is 11.8 Å². The van der Waals surface area contributed by atoms with Gasteiger partial charge in [0.1, 0.15) is 5.75 Å². The minimum Gasteiger partial charge on any atom is -0.493 e. The van der Waals surface area contributed by atoms with Crippen molar-refractivity contribution in [3.63, 3.8) is 0 Å². The van der Waals surface area contributed by atoms with Crippen LogP contribution in [0.25, 0.3) is 0 Å². The van der Waals surface area contributed by atoms with Crippen molar-refractivity contribution in [1.82, 2.24) is 0 Å². The van der Waals surface area contributed by atoms with Crippen LogP contribution in [0.1, 0.15) is 25.8 Å². The molecule has 0 saturated carbocycles. The van der Waals surface area contributed by atoms with Crippen molar-refractivity contribution in [3.05, 3.63) is 42.0 Å². The normalized spacial score (nSPS) is 14.4. The van der Waals surface area contributed by atoms with E-state index in [4.69, 9.17) is 14.2 Å². The Hall–Kier alpha value is -3.22. The van der Waals surface area contributed by atoms with Gasteiger partial charge in [0.2, 0.25) is 5.91 Å². The van der Waals surface area contributed by atoms with Gasteiger partial charge >= 0.3 is 0 Å². The number of fused-ring (bicyclic) bond motifs is 1. The lowest BCUT2D eigenvalue weighted by molar-refractivity contribution is -0.129. The van der Waals surface area contributed by atoms with Crippen molar-refractivity contribution in [3.8, 4) is 17.2 Å². The Morgan fingerprint density at radius 3 is 2.57 bits per heavy atom. The predicted octanol–water partition coefficient (Wildman–Crippen LogP) is 3.38. The zero-order valence-corrected chi connectivity index (χ0v) is 16.4. The number of rotatable bonds is 6. The van der Waals surface area contributed by atoms with Gasteiger partial charge in [-0.25, -0.2) is 0 Å². The summed E-state index contributed by atoms with van der Waals surface area (Å²) in [6.45, 7) is 3.41. The van der Waals surface area contributed by atoms with E-state index in [1.165, 1.54) is 0 Å². The first-order chi connectivity index (χ1) is 13.3. The molecule has 0 saturated heterocycles. The molecular weight excluding hydrogens is 360 g/mol. The molecule has 0 aromatic heterocycles. The Kier molecular flexibility index (Phi) is 5.44. The van der Waals surface area contributed by atoms with E-state index in [2.05, 4.69) is 10.6 Å². The van der Waals surface area contributed by atoms with Crippen LogP contribution in [-0.4, -0.2) is 31.6 Å². The number of anilines is 2. The number of aryl methyl sites for hydroxylation is 1. The Morgan fingerprint density at radius 2 is 1.86 bits per heavy atom. The summed E-state index contributed by atoms with van der Waals surface area (Å²) in [6, 6.07) is 10.8. The fourth-order valence-electron chi connectivity index (χ4n) is 2.91. The quantitative estimate of drug-likeness (QED) is 0.797. The van der Waals surface area contributed by atoms with Gasteiger partial charge in [0.15, 0.2) is 17.1 Å². The second-order valence-electron chi connectivity index (χ2n) is 7.01. The topological polar surface area (TPSA) is 85.9 Å². The summed E-state index contributed by atoms with van der Waals surface area (Å²) in [4.78, 5) is 24.3. The van der Waals surface area contributed by atoms with Crippen molar-refractivity contribution in [2.75, 3.05) is 24.9 Å². The smallest absolute Gasteiger partial charge is 0.268 e. The largest absolute Gasteiger partial charge is 0.493 e. The number of methoxy groups -OCH3 is 2. The molecule has 2 aromatic carbocycles. The number of carbonyl (C=O) groups is 2. The second-order valence-corrected chi connectivity index (χ2v) is 7.01. The number of hydrogen-bond donors (Lipinski definition) is 2. The summed E-state index contributed by atoms with van der Waals surface area (Å²) >= 11 is 0. The SMILES string of the molecule is COc1ccc(CCC(=O)Nc2ccc3c(c2)NC(=O)C(C)(C)O3)cc1OC. The molecule has 0 fully saturated rings. The van der Waals surface area contributed by atoms with Gasteiger partial charge in [-0.2, -0.15) is 0 Å². The van der Waals surface area contributed by atoms with Crippen molar-refractivity contribution in [1.29, 1.82) is 0 Å². The molecule has 0 atom stereocenters. The molecule has 7 nitrogen and oxygen atoms in total. The maximum atomic E-state index is 12.3. The van der Waals surface area contributed by atoms with E-state index in [0.29, 0.717) is 41.5 Å². The van der Waals surface area contributed by atoms with Crippen LogP contribution in [0.4, 0.5) is 11.4 Å². The monoisotopic (exact) mass is 384 g/mol. The van der Waals surface area contributed by atoms with Crippen LogP contribution >= 0.6 is 0 Å². The predicted molar refractivity (Wildman–Crippen MR) is 106 cm³/mol. The standard InChI is InChI=1S/C21H24N2O5/c1-21(2)20(25)23-15-12-14(7-9-16(15)28-21)22-19(24)10-6-13-5-8-17(26-3)18(11-13)27-4/h5,7-9,11-12H,6,10H2,1-4H3,(H,22,24)(H,23,25). The maximum absolute atomic E-state index is 12.3. The summed E-state index contributed by atoms with van der Waals surface area (Å²) in [5.41, 5.74) is 1.19. The highest BCUT2D eigenvalue weighted by atomic mass is 16.5. The second kappa shape index (κ2) is 7.80. The first kappa shape index (κ1) is 19.5. The highest BCUT2D eigenvalue weighted by Crippen LogP contribution is 2.35. The highest BCUT2D eigenvalue weighted by Gasteiger charge is 2.35. The third-order valence-corrected chi connectivity index (χ3v) is 4.51. The molecule has 0 bridgehead atoms. The summed E-state index contributed by atoms with van der Waals surface area (Å²) < 4.78 is 16.2. The summed E-state index contributed by atoms with van der Waals surface area (Å²) in [5, 5.41) is 5.65. The van der Waals surface area contributed by atoms with E-state index < -0.39 is 5.60 Å². The molecule has 7 heteroatoms. The van der Waals surface area contributed by atoms with Crippen LogP contribution in [0.2, 0.25) is 0 Å². The Bertz CT molecular complexity index is 908. The van der Waals surface area contributed by atoms with Crippen LogP contribution in [0.3, 0.4) is 0 Å². The summed E-state index contributed by atoms with van der Waals surface area (Å²) in [7, 11) is 3.16. The molecule has 0 spiro atoms. The number of ether oxygens (including phenoxy) is 3. The van der Waals surface area contributed by atoms with Crippen molar-refractivity contribution >= 4 is 23.2 Å². The van der Waals surface area contributed by atoms with Crippen molar-refractivity contribution in [2.45, 2.75) is 32.3 Å². The van der Waals surface area contributed by atoms with Crippen LogP contribution in [0.15, 0.2) is 36.4 Å². The van der Waals surface area contributed by atoms with E-state index in [9.17, 15) is 9.59 Å². The van der Waals surface area contributed by atoms with Crippen molar-refractivity contribution in [2.24, 2.45) is 0 Å². The first-order valence-corrected chi connectivity index (χ1v) is 8.97. The Labute approximate surface area is 164 Å². The Balaban J connectivity index is 1.61. The van der Waals surface area contributed by atoms with Crippen LogP contribution in [-0.2, 0) is 16.0 Å². The number of nitrogens with one attached hydrogen (secondary N) is 2. The van der Waals surface area contributed by atoms with Gasteiger partial charge in [-0.05, 0) is 56.2 Å². The van der Waals surface area contributed by atoms with Gasteiger partial charge in [0, 0.05) is 12.1 Å². The zero-order chi connectivity index (χ0) is 20.3. The molecule has 0 aliphatic carbocycles. The van der Waals surface area contributed by atoms with Gasteiger partial charge in [0.25, 0.3) is 5.91 Å². The van der Waals surface area contributed by atoms with E-state index in [1.807, 2.05) is 18.2 Å². The van der Waals surface area contributed by atoms with Crippen molar-refractivity contribution < 1.29 is 23.8 Å². The first-order valence-electron chi connectivity index (χ1n) is 8.97. The van der Waals surface area contributed by atoms with Crippen LogP contribution < -0.4 is 24.8 Å². The molecular formula is C21H24N2O5. The molecule has 0 unspecified atom stereocenters. The molecule has 1 aliphatic rings. The lowest BCUT2D eigenvalue weighted by atomic mass is 10.1. The fourth-order valence-corrected chi connectivity index (χ4v) is 2.91. The number of hydrogen-bond acceptors (Lipinski definition) is 5. The minimum absolute atomic E-state index is 0.127. The number of benzene rings is 2.